The van der Waals surface area contributed by atoms with E-state index in [9.17, 15) is 14.4 Å². The van der Waals surface area contributed by atoms with E-state index in [1.54, 1.807) is 22.0 Å². The number of carbonyl (C=O) groups excluding carboxylic acids is 3. The molecule has 0 radical (unpaired) electrons. The van der Waals surface area contributed by atoms with E-state index in [2.05, 4.69) is 13.2 Å². The molecule has 1 spiro atoms. The van der Waals surface area contributed by atoms with Gasteiger partial charge in [0.1, 0.15) is 17.6 Å². The summed E-state index contributed by atoms with van der Waals surface area (Å²) in [7, 11) is 0. The number of aliphatic hydroxyl groups is 1. The van der Waals surface area contributed by atoms with Crippen LogP contribution in [0.3, 0.4) is 0 Å². The molecule has 1 aromatic rings. The van der Waals surface area contributed by atoms with Crippen LogP contribution in [-0.2, 0) is 23.9 Å². The lowest BCUT2D eigenvalue weighted by atomic mass is 9.66. The van der Waals surface area contributed by atoms with Crippen molar-refractivity contribution in [3.05, 3.63) is 54.6 Å². The van der Waals surface area contributed by atoms with Crippen molar-refractivity contribution >= 4 is 23.5 Å². The van der Waals surface area contributed by atoms with E-state index in [-0.39, 0.29) is 31.6 Å². The summed E-state index contributed by atoms with van der Waals surface area (Å²) in [5.74, 6) is -2.43. The molecule has 218 valence electrons. The number of rotatable bonds is 14. The highest BCUT2D eigenvalue weighted by Crippen LogP contribution is 2.63. The monoisotopic (exact) mass is 552 g/mol. The van der Waals surface area contributed by atoms with Crippen molar-refractivity contribution in [2.45, 2.75) is 83.0 Å². The third-order valence-electron chi connectivity index (χ3n) is 8.87. The average Bonchev–Trinajstić information content (AvgIpc) is 3.49. The number of aryl methyl sites for hydroxylation is 2. The number of esters is 1. The van der Waals surface area contributed by atoms with Crippen molar-refractivity contribution in [2.24, 2.45) is 11.8 Å². The highest BCUT2D eigenvalue weighted by atomic mass is 16.6. The van der Waals surface area contributed by atoms with Crippen LogP contribution in [-0.4, -0.2) is 71.3 Å². The van der Waals surface area contributed by atoms with Crippen molar-refractivity contribution in [3.8, 4) is 0 Å². The lowest BCUT2D eigenvalue weighted by molar-refractivity contribution is -0.159. The zero-order chi connectivity index (χ0) is 29.1. The first kappa shape index (κ1) is 30.0. The number of unbranched alkanes of at least 4 members (excludes halogenated alkanes) is 3. The molecule has 0 saturated carbocycles. The number of anilines is 1. The first-order valence-corrected chi connectivity index (χ1v) is 14.5. The smallest absolute Gasteiger partial charge is 0.312 e. The Morgan fingerprint density at radius 1 is 1.18 bits per heavy atom. The van der Waals surface area contributed by atoms with E-state index in [4.69, 9.17) is 14.6 Å². The van der Waals surface area contributed by atoms with Crippen molar-refractivity contribution in [3.63, 3.8) is 0 Å². The molecule has 8 heteroatoms. The quantitative estimate of drug-likeness (QED) is 0.211. The van der Waals surface area contributed by atoms with E-state index < -0.39 is 35.0 Å². The van der Waals surface area contributed by atoms with Crippen molar-refractivity contribution in [1.82, 2.24) is 4.90 Å². The Hall–Kier alpha value is -2.97. The SMILES string of the molecule is C=CCCOC(=O)[C@H]1[C@H]2C(=O)N(CCCCCCO)C(C(=O)N(CC=C)c3cc(C)ccc3C)C23CC[C@]1(C)O3. The topological polar surface area (TPSA) is 96.4 Å². The molecule has 2 amide bonds. The number of nitrogens with zero attached hydrogens (tertiary/aromatic N) is 2. The molecule has 1 aromatic carbocycles. The molecule has 3 saturated heterocycles. The predicted molar refractivity (Wildman–Crippen MR) is 154 cm³/mol. The van der Waals surface area contributed by atoms with Gasteiger partial charge in [-0.05, 0) is 70.1 Å². The van der Waals surface area contributed by atoms with E-state index in [0.29, 0.717) is 38.6 Å². The molecular formula is C32H44N2O6. The summed E-state index contributed by atoms with van der Waals surface area (Å²) in [5.41, 5.74) is 0.767. The molecule has 3 aliphatic heterocycles. The standard InChI is InChI=1S/C32H44N2O6/c1-6-8-20-39-30(38)26-25-28(36)34(18-11-9-10-12-19-35)27(32(25)16-15-31(26,5)40-32)29(37)33(17-7-2)24-21-22(3)13-14-23(24)4/h6-7,13-14,21,25-27,35H,1-2,8-12,15-20H2,3-5H3/t25-,26+,27?,31-,32?/m0/s1. The van der Waals surface area contributed by atoms with Crippen LogP contribution in [0.1, 0.15) is 63.0 Å². The Morgan fingerprint density at radius 2 is 1.93 bits per heavy atom. The lowest BCUT2D eigenvalue weighted by Gasteiger charge is -2.37. The summed E-state index contributed by atoms with van der Waals surface area (Å²) < 4.78 is 12.3. The second-order valence-corrected chi connectivity index (χ2v) is 11.7. The zero-order valence-electron chi connectivity index (χ0n) is 24.2. The zero-order valence-corrected chi connectivity index (χ0v) is 24.2. The van der Waals surface area contributed by atoms with Crippen LogP contribution in [0, 0.1) is 25.7 Å². The number of amides is 2. The number of likely N-dealkylation sites (tertiary alicyclic amines) is 1. The fourth-order valence-electron chi connectivity index (χ4n) is 6.98. The molecular weight excluding hydrogens is 508 g/mol. The normalized spacial score (nSPS) is 28.4. The van der Waals surface area contributed by atoms with Crippen LogP contribution in [0.15, 0.2) is 43.5 Å². The number of hydrogen-bond acceptors (Lipinski definition) is 6. The molecule has 3 fully saturated rings. The number of aliphatic hydroxyl groups excluding tert-OH is 1. The summed E-state index contributed by atoms with van der Waals surface area (Å²) in [6, 6.07) is 5.11. The number of benzene rings is 1. The Bertz CT molecular complexity index is 1150. The average molecular weight is 553 g/mol. The van der Waals surface area contributed by atoms with E-state index in [1.807, 2.05) is 39.0 Å². The van der Waals surface area contributed by atoms with Gasteiger partial charge in [-0.1, -0.05) is 37.1 Å². The minimum atomic E-state index is -1.10. The predicted octanol–water partition coefficient (Wildman–Crippen LogP) is 4.26. The molecule has 3 aliphatic rings. The van der Waals surface area contributed by atoms with Gasteiger partial charge < -0.3 is 24.4 Å². The minimum Gasteiger partial charge on any atom is -0.465 e. The van der Waals surface area contributed by atoms with Gasteiger partial charge in [0.05, 0.1) is 18.1 Å². The van der Waals surface area contributed by atoms with Crippen molar-refractivity contribution in [1.29, 1.82) is 0 Å². The number of fused-ring (bicyclic) bond motifs is 1. The van der Waals surface area contributed by atoms with Crippen molar-refractivity contribution in [2.75, 3.05) is 31.2 Å². The molecule has 3 heterocycles. The van der Waals surface area contributed by atoms with Crippen LogP contribution in [0.2, 0.25) is 0 Å². The largest absolute Gasteiger partial charge is 0.465 e. The first-order valence-electron chi connectivity index (χ1n) is 14.5. The Labute approximate surface area is 238 Å². The molecule has 40 heavy (non-hydrogen) atoms. The van der Waals surface area contributed by atoms with Crippen LogP contribution in [0.5, 0.6) is 0 Å². The van der Waals surface area contributed by atoms with Gasteiger partial charge in [0, 0.05) is 25.4 Å². The lowest BCUT2D eigenvalue weighted by Crippen LogP contribution is -2.56. The van der Waals surface area contributed by atoms with Crippen LogP contribution in [0.25, 0.3) is 0 Å². The van der Waals surface area contributed by atoms with Crippen LogP contribution >= 0.6 is 0 Å². The van der Waals surface area contributed by atoms with E-state index in [0.717, 1.165) is 29.7 Å². The molecule has 0 aromatic heterocycles. The number of ether oxygens (including phenoxy) is 2. The summed E-state index contributed by atoms with van der Waals surface area (Å²) in [6.07, 6.45) is 8.03. The van der Waals surface area contributed by atoms with Gasteiger partial charge in [0.2, 0.25) is 5.91 Å². The van der Waals surface area contributed by atoms with E-state index >= 15 is 0 Å². The van der Waals surface area contributed by atoms with E-state index in [1.165, 1.54) is 0 Å². The second-order valence-electron chi connectivity index (χ2n) is 11.7. The van der Waals surface area contributed by atoms with Crippen molar-refractivity contribution < 1.29 is 29.0 Å². The van der Waals surface area contributed by atoms with Gasteiger partial charge in [-0.25, -0.2) is 0 Å². The van der Waals surface area contributed by atoms with Gasteiger partial charge in [0.15, 0.2) is 0 Å². The fourth-order valence-corrected chi connectivity index (χ4v) is 6.98. The van der Waals surface area contributed by atoms with Gasteiger partial charge in [-0.2, -0.15) is 0 Å². The Kier molecular flexibility index (Phi) is 9.20. The maximum absolute atomic E-state index is 14.7. The van der Waals surface area contributed by atoms with Crippen LogP contribution in [0.4, 0.5) is 5.69 Å². The Morgan fingerprint density at radius 3 is 2.62 bits per heavy atom. The van der Waals surface area contributed by atoms with Gasteiger partial charge >= 0.3 is 5.97 Å². The molecule has 2 unspecified atom stereocenters. The third kappa shape index (κ3) is 5.23. The molecule has 1 N–H and O–H groups in total. The van der Waals surface area contributed by atoms with Crippen LogP contribution < -0.4 is 4.90 Å². The summed E-state index contributed by atoms with van der Waals surface area (Å²) in [6.45, 7) is 14.4. The molecule has 2 bridgehead atoms. The fraction of sp³-hybridized carbons (Fsp3) is 0.594. The minimum absolute atomic E-state index is 0.128. The highest BCUT2D eigenvalue weighted by molar-refractivity contribution is 6.05. The second kappa shape index (κ2) is 12.3. The maximum Gasteiger partial charge on any atom is 0.312 e. The van der Waals surface area contributed by atoms with Gasteiger partial charge in [-0.15, -0.1) is 13.2 Å². The summed E-state index contributed by atoms with van der Waals surface area (Å²) in [4.78, 5) is 45.7. The van der Waals surface area contributed by atoms with Gasteiger partial charge in [-0.3, -0.25) is 14.4 Å². The first-order chi connectivity index (χ1) is 19.1. The maximum atomic E-state index is 14.7. The molecule has 4 rings (SSSR count). The summed E-state index contributed by atoms with van der Waals surface area (Å²) >= 11 is 0. The molecule has 5 atom stereocenters. The third-order valence-corrected chi connectivity index (χ3v) is 8.87. The van der Waals surface area contributed by atoms with Gasteiger partial charge in [0.25, 0.3) is 5.91 Å². The number of hydrogen-bond donors (Lipinski definition) is 1. The number of carbonyl (C=O) groups is 3. The summed E-state index contributed by atoms with van der Waals surface area (Å²) in [5, 5.41) is 9.17. The molecule has 8 nitrogen and oxygen atoms in total. The highest BCUT2D eigenvalue weighted by Gasteiger charge is 2.78. The molecule has 0 aliphatic carbocycles. The Balaban J connectivity index is 1.74.